The topological polar surface area (TPSA) is 43.8 Å². The van der Waals surface area contributed by atoms with Crippen molar-refractivity contribution in [1.29, 1.82) is 0 Å². The third-order valence-corrected chi connectivity index (χ3v) is 3.49. The van der Waals surface area contributed by atoms with Crippen molar-refractivity contribution in [2.75, 3.05) is 0 Å². The van der Waals surface area contributed by atoms with Gasteiger partial charge in [0.2, 0.25) is 0 Å². The summed E-state index contributed by atoms with van der Waals surface area (Å²) in [5.74, 6) is 0.922. The van der Waals surface area contributed by atoms with Gasteiger partial charge in [0.15, 0.2) is 0 Å². The third-order valence-electron chi connectivity index (χ3n) is 3.25. The molecule has 1 aromatic heterocycles. The summed E-state index contributed by atoms with van der Waals surface area (Å²) in [6.45, 7) is 6.69. The lowest BCUT2D eigenvalue weighted by Gasteiger charge is -2.13. The average molecular weight is 278 g/mol. The van der Waals surface area contributed by atoms with Crippen LogP contribution in [0, 0.1) is 0 Å². The second-order valence-corrected chi connectivity index (χ2v) is 5.19. The highest BCUT2D eigenvalue weighted by molar-refractivity contribution is 6.31. The van der Waals surface area contributed by atoms with Gasteiger partial charge in [-0.3, -0.25) is 0 Å². The van der Waals surface area contributed by atoms with E-state index in [0.717, 1.165) is 36.1 Å². The number of rotatable bonds is 6. The number of imidazole rings is 1. The van der Waals surface area contributed by atoms with Crippen molar-refractivity contribution in [2.24, 2.45) is 5.73 Å². The Hall–Kier alpha value is -1.32. The molecule has 0 saturated carbocycles. The molecule has 0 bridgehead atoms. The zero-order valence-electron chi connectivity index (χ0n) is 11.3. The van der Waals surface area contributed by atoms with E-state index >= 15 is 0 Å². The predicted octanol–water partition coefficient (Wildman–Crippen LogP) is 4.07. The molecule has 0 amide bonds. The Morgan fingerprint density at radius 2 is 2.32 bits per heavy atom. The number of hydrogen-bond donors (Lipinski definition) is 1. The van der Waals surface area contributed by atoms with Gasteiger partial charge < -0.3 is 10.3 Å². The highest BCUT2D eigenvalue weighted by Gasteiger charge is 2.16. The van der Waals surface area contributed by atoms with Crippen LogP contribution in [0.1, 0.15) is 38.1 Å². The number of unbranched alkanes of at least 4 members (excludes halogenated alkanes) is 1. The summed E-state index contributed by atoms with van der Waals surface area (Å²) in [6.07, 6.45) is 5.07. The Kier molecular flexibility index (Phi) is 4.61. The SMILES string of the molecule is C=CCn1c(C(N)CCCC)nc2cc(Cl)ccc21. The summed E-state index contributed by atoms with van der Waals surface area (Å²) in [4.78, 5) is 4.65. The number of fused-ring (bicyclic) bond motifs is 1. The molecule has 0 saturated heterocycles. The fourth-order valence-corrected chi connectivity index (χ4v) is 2.45. The lowest BCUT2D eigenvalue weighted by Crippen LogP contribution is -2.16. The molecule has 1 atom stereocenters. The van der Waals surface area contributed by atoms with E-state index in [1.54, 1.807) is 0 Å². The highest BCUT2D eigenvalue weighted by Crippen LogP contribution is 2.25. The lowest BCUT2D eigenvalue weighted by atomic mass is 10.1. The first kappa shape index (κ1) is 14.1. The zero-order valence-corrected chi connectivity index (χ0v) is 12.0. The molecule has 1 heterocycles. The minimum atomic E-state index is -0.0360. The van der Waals surface area contributed by atoms with Crippen molar-refractivity contribution in [3.63, 3.8) is 0 Å². The van der Waals surface area contributed by atoms with Crippen LogP contribution in [-0.4, -0.2) is 9.55 Å². The third kappa shape index (κ3) is 2.99. The molecule has 0 spiro atoms. The lowest BCUT2D eigenvalue weighted by molar-refractivity contribution is 0.553. The molecule has 3 nitrogen and oxygen atoms in total. The number of nitrogens with zero attached hydrogens (tertiary/aromatic N) is 2. The summed E-state index contributed by atoms with van der Waals surface area (Å²) in [6, 6.07) is 5.72. The predicted molar refractivity (Wildman–Crippen MR) is 81.4 cm³/mol. The Morgan fingerprint density at radius 3 is 3.00 bits per heavy atom. The molecule has 0 radical (unpaired) electrons. The molecule has 0 aliphatic heterocycles. The fraction of sp³-hybridized carbons (Fsp3) is 0.400. The van der Waals surface area contributed by atoms with Crippen LogP contribution in [0.4, 0.5) is 0 Å². The highest BCUT2D eigenvalue weighted by atomic mass is 35.5. The monoisotopic (exact) mass is 277 g/mol. The van der Waals surface area contributed by atoms with E-state index in [1.165, 1.54) is 0 Å². The van der Waals surface area contributed by atoms with Gasteiger partial charge in [0, 0.05) is 11.6 Å². The van der Waals surface area contributed by atoms with Crippen LogP contribution in [0.3, 0.4) is 0 Å². The number of halogens is 1. The van der Waals surface area contributed by atoms with Gasteiger partial charge in [-0.15, -0.1) is 6.58 Å². The molecular weight excluding hydrogens is 258 g/mol. The molecule has 1 aromatic carbocycles. The van der Waals surface area contributed by atoms with Crippen molar-refractivity contribution < 1.29 is 0 Å². The summed E-state index contributed by atoms with van der Waals surface area (Å²) in [5.41, 5.74) is 8.22. The van der Waals surface area contributed by atoms with E-state index in [1.807, 2.05) is 24.3 Å². The maximum Gasteiger partial charge on any atom is 0.127 e. The molecule has 2 rings (SSSR count). The van der Waals surface area contributed by atoms with Gasteiger partial charge in [-0.2, -0.15) is 0 Å². The number of aromatic nitrogens is 2. The maximum absolute atomic E-state index is 6.26. The second kappa shape index (κ2) is 6.22. The van der Waals surface area contributed by atoms with E-state index < -0.39 is 0 Å². The minimum Gasteiger partial charge on any atom is -0.323 e. The van der Waals surface area contributed by atoms with Gasteiger partial charge >= 0.3 is 0 Å². The molecule has 102 valence electrons. The molecule has 0 aliphatic rings. The van der Waals surface area contributed by atoms with E-state index in [0.29, 0.717) is 11.6 Å². The smallest absolute Gasteiger partial charge is 0.127 e. The molecular formula is C15H20ClN3. The Morgan fingerprint density at radius 1 is 1.53 bits per heavy atom. The van der Waals surface area contributed by atoms with Gasteiger partial charge in [0.25, 0.3) is 0 Å². The normalized spacial score (nSPS) is 12.8. The van der Waals surface area contributed by atoms with Crippen molar-refractivity contribution in [1.82, 2.24) is 9.55 Å². The van der Waals surface area contributed by atoms with Crippen LogP contribution in [0.15, 0.2) is 30.9 Å². The average Bonchev–Trinajstić information content (AvgIpc) is 2.74. The summed E-state index contributed by atoms with van der Waals surface area (Å²) < 4.78 is 2.12. The van der Waals surface area contributed by atoms with Crippen molar-refractivity contribution in [3.8, 4) is 0 Å². The summed E-state index contributed by atoms with van der Waals surface area (Å²) >= 11 is 6.02. The van der Waals surface area contributed by atoms with Crippen molar-refractivity contribution >= 4 is 22.6 Å². The van der Waals surface area contributed by atoms with E-state index in [9.17, 15) is 0 Å². The number of benzene rings is 1. The van der Waals surface area contributed by atoms with E-state index in [2.05, 4.69) is 23.1 Å². The van der Waals surface area contributed by atoms with Gasteiger partial charge in [0.1, 0.15) is 5.82 Å². The molecule has 19 heavy (non-hydrogen) atoms. The molecule has 0 aliphatic carbocycles. The van der Waals surface area contributed by atoms with Gasteiger partial charge in [-0.1, -0.05) is 37.4 Å². The van der Waals surface area contributed by atoms with Gasteiger partial charge in [0.05, 0.1) is 17.1 Å². The van der Waals surface area contributed by atoms with Crippen molar-refractivity contribution in [3.05, 3.63) is 41.7 Å². The first-order valence-corrected chi connectivity index (χ1v) is 7.07. The van der Waals surface area contributed by atoms with Crippen LogP contribution < -0.4 is 5.73 Å². The minimum absolute atomic E-state index is 0.0360. The Bertz CT molecular complexity index is 574. The summed E-state index contributed by atoms with van der Waals surface area (Å²) in [5, 5.41) is 0.699. The Labute approximate surface area is 119 Å². The first-order valence-electron chi connectivity index (χ1n) is 6.69. The largest absolute Gasteiger partial charge is 0.323 e. The molecule has 0 fully saturated rings. The van der Waals surface area contributed by atoms with Crippen LogP contribution in [0.25, 0.3) is 11.0 Å². The van der Waals surface area contributed by atoms with Crippen LogP contribution in [0.5, 0.6) is 0 Å². The fourth-order valence-electron chi connectivity index (χ4n) is 2.28. The van der Waals surface area contributed by atoms with E-state index in [-0.39, 0.29) is 6.04 Å². The zero-order chi connectivity index (χ0) is 13.8. The Balaban J connectivity index is 2.46. The molecule has 1 unspecified atom stereocenters. The number of nitrogens with two attached hydrogens (primary N) is 1. The van der Waals surface area contributed by atoms with Crippen LogP contribution in [-0.2, 0) is 6.54 Å². The number of allylic oxidation sites excluding steroid dienone is 1. The standard InChI is InChI=1S/C15H20ClN3/c1-3-5-6-12(17)15-18-13-10-11(16)7-8-14(13)19(15)9-4-2/h4,7-8,10,12H,2-3,5-6,9,17H2,1H3. The number of hydrogen-bond acceptors (Lipinski definition) is 2. The van der Waals surface area contributed by atoms with Crippen LogP contribution in [0.2, 0.25) is 5.02 Å². The van der Waals surface area contributed by atoms with Gasteiger partial charge in [-0.25, -0.2) is 4.98 Å². The first-order chi connectivity index (χ1) is 9.17. The van der Waals surface area contributed by atoms with Crippen molar-refractivity contribution in [2.45, 2.75) is 38.8 Å². The van der Waals surface area contributed by atoms with Gasteiger partial charge in [-0.05, 0) is 24.6 Å². The summed E-state index contributed by atoms with van der Waals surface area (Å²) in [7, 11) is 0. The molecule has 4 heteroatoms. The molecule has 2 N–H and O–H groups in total. The van der Waals surface area contributed by atoms with Crippen LogP contribution >= 0.6 is 11.6 Å². The second-order valence-electron chi connectivity index (χ2n) is 4.75. The van der Waals surface area contributed by atoms with E-state index in [4.69, 9.17) is 17.3 Å². The molecule has 2 aromatic rings. The quantitative estimate of drug-likeness (QED) is 0.809. The maximum atomic E-state index is 6.26.